The van der Waals surface area contributed by atoms with Crippen molar-refractivity contribution in [2.24, 2.45) is 0 Å². The lowest BCUT2D eigenvalue weighted by atomic mass is 9.77. The van der Waals surface area contributed by atoms with Gasteiger partial charge in [0, 0.05) is 19.8 Å². The molecule has 4 rings (SSSR count). The first-order valence-electron chi connectivity index (χ1n) is 10.3. The van der Waals surface area contributed by atoms with Gasteiger partial charge in [0.2, 0.25) is 0 Å². The summed E-state index contributed by atoms with van der Waals surface area (Å²) in [6.07, 6.45) is 0.750. The van der Waals surface area contributed by atoms with Crippen LogP contribution in [-0.2, 0) is 12.0 Å². The molecule has 0 saturated carbocycles. The number of nitrogens with zero attached hydrogens (tertiary/aromatic N) is 1. The van der Waals surface area contributed by atoms with Gasteiger partial charge in [-0.15, -0.1) is 0 Å². The first-order chi connectivity index (χ1) is 14.6. The Morgan fingerprint density at radius 2 is 1.17 bits per heavy atom. The monoisotopic (exact) mass is 393 g/mol. The van der Waals surface area contributed by atoms with E-state index in [0.29, 0.717) is 0 Å². The van der Waals surface area contributed by atoms with Gasteiger partial charge in [-0.1, -0.05) is 97.1 Å². The summed E-state index contributed by atoms with van der Waals surface area (Å²) < 4.78 is 0. The van der Waals surface area contributed by atoms with E-state index in [9.17, 15) is 5.11 Å². The zero-order valence-electron chi connectivity index (χ0n) is 17.5. The Morgan fingerprint density at radius 1 is 0.667 bits per heavy atom. The maximum absolute atomic E-state index is 12.3. The van der Waals surface area contributed by atoms with Gasteiger partial charge >= 0.3 is 0 Å². The summed E-state index contributed by atoms with van der Waals surface area (Å²) in [5, 5.41) is 12.3. The topological polar surface area (TPSA) is 23.5 Å². The van der Waals surface area contributed by atoms with Crippen LogP contribution in [0.4, 0.5) is 5.69 Å². The average molecular weight is 394 g/mol. The summed E-state index contributed by atoms with van der Waals surface area (Å²) in [7, 11) is 4.09. The van der Waals surface area contributed by atoms with Crippen LogP contribution >= 0.6 is 0 Å². The minimum Gasteiger partial charge on any atom is -0.378 e. The maximum Gasteiger partial charge on any atom is 0.140 e. The summed E-state index contributed by atoms with van der Waals surface area (Å²) in [5.74, 6) is 0. The predicted octanol–water partition coefficient (Wildman–Crippen LogP) is 5.63. The van der Waals surface area contributed by atoms with Crippen molar-refractivity contribution in [3.63, 3.8) is 0 Å². The molecule has 2 nitrogen and oxygen atoms in total. The van der Waals surface area contributed by atoms with E-state index < -0.39 is 5.60 Å². The van der Waals surface area contributed by atoms with Crippen molar-refractivity contribution in [3.8, 4) is 0 Å². The SMILES string of the molecule is CN(C)c1ccc(C(O)(c2ccccc2)c2ccccc2)c(Cc2ccccc2)c1. The average Bonchev–Trinajstić information content (AvgIpc) is 2.80. The van der Waals surface area contributed by atoms with Crippen LogP contribution in [0.5, 0.6) is 0 Å². The lowest BCUT2D eigenvalue weighted by Gasteiger charge is -2.33. The fourth-order valence-electron chi connectivity index (χ4n) is 4.01. The lowest BCUT2D eigenvalue weighted by molar-refractivity contribution is 0.125. The van der Waals surface area contributed by atoms with Gasteiger partial charge in [0.25, 0.3) is 0 Å². The molecule has 4 aromatic rings. The molecule has 0 spiro atoms. The van der Waals surface area contributed by atoms with Crippen LogP contribution in [0.25, 0.3) is 0 Å². The second kappa shape index (κ2) is 8.56. The van der Waals surface area contributed by atoms with Crippen LogP contribution < -0.4 is 4.90 Å². The van der Waals surface area contributed by atoms with E-state index in [1.165, 1.54) is 5.56 Å². The van der Waals surface area contributed by atoms with E-state index in [4.69, 9.17) is 0 Å². The zero-order chi connectivity index (χ0) is 21.0. The molecule has 0 aromatic heterocycles. The summed E-state index contributed by atoms with van der Waals surface area (Å²) in [6.45, 7) is 0. The van der Waals surface area contributed by atoms with E-state index in [2.05, 4.69) is 47.4 Å². The highest BCUT2D eigenvalue weighted by Crippen LogP contribution is 2.40. The molecule has 0 aliphatic heterocycles. The highest BCUT2D eigenvalue weighted by Gasteiger charge is 2.35. The first-order valence-corrected chi connectivity index (χ1v) is 10.3. The summed E-state index contributed by atoms with van der Waals surface area (Å²) in [6, 6.07) is 36.7. The fraction of sp³-hybridized carbons (Fsp3) is 0.143. The van der Waals surface area contributed by atoms with Crippen LogP contribution in [0.3, 0.4) is 0 Å². The van der Waals surface area contributed by atoms with E-state index in [-0.39, 0.29) is 0 Å². The van der Waals surface area contributed by atoms with Crippen LogP contribution in [-0.4, -0.2) is 19.2 Å². The second-order valence-corrected chi connectivity index (χ2v) is 7.84. The Hall–Kier alpha value is -3.36. The van der Waals surface area contributed by atoms with Crippen molar-refractivity contribution in [1.29, 1.82) is 0 Å². The van der Waals surface area contributed by atoms with E-state index in [1.807, 2.05) is 80.8 Å². The Balaban J connectivity index is 1.95. The molecule has 0 heterocycles. The minimum absolute atomic E-state index is 0.750. The standard InChI is InChI=1S/C28H27NO/c1-29(2)26-18-19-27(23(21-26)20-22-12-6-3-7-13-22)28(30,24-14-8-4-9-15-24)25-16-10-5-11-17-25/h3-19,21,30H,20H2,1-2H3. The second-order valence-electron chi connectivity index (χ2n) is 7.84. The normalized spacial score (nSPS) is 11.3. The molecule has 150 valence electrons. The Labute approximate surface area is 179 Å². The number of benzene rings is 4. The summed E-state index contributed by atoms with van der Waals surface area (Å²) >= 11 is 0. The van der Waals surface area contributed by atoms with Crippen molar-refractivity contribution in [1.82, 2.24) is 0 Å². The molecule has 0 radical (unpaired) electrons. The number of rotatable bonds is 6. The smallest absolute Gasteiger partial charge is 0.140 e. The molecule has 0 fully saturated rings. The van der Waals surface area contributed by atoms with Crippen LogP contribution in [0.2, 0.25) is 0 Å². The molecular weight excluding hydrogens is 366 g/mol. The Bertz CT molecular complexity index is 1050. The summed E-state index contributed by atoms with van der Waals surface area (Å²) in [4.78, 5) is 2.10. The highest BCUT2D eigenvalue weighted by molar-refractivity contribution is 5.57. The first kappa shape index (κ1) is 19.9. The fourth-order valence-corrected chi connectivity index (χ4v) is 4.01. The molecule has 0 amide bonds. The molecule has 0 aliphatic rings. The van der Waals surface area contributed by atoms with E-state index in [1.54, 1.807) is 0 Å². The van der Waals surface area contributed by atoms with Crippen LogP contribution in [0, 0.1) is 0 Å². The molecule has 0 unspecified atom stereocenters. The van der Waals surface area contributed by atoms with Gasteiger partial charge in [0.05, 0.1) is 0 Å². The van der Waals surface area contributed by atoms with Gasteiger partial charge in [0.15, 0.2) is 0 Å². The number of anilines is 1. The molecule has 0 bridgehead atoms. The Kier molecular flexibility index (Phi) is 5.69. The molecule has 30 heavy (non-hydrogen) atoms. The Morgan fingerprint density at radius 3 is 1.67 bits per heavy atom. The maximum atomic E-state index is 12.3. The van der Waals surface area contributed by atoms with Crippen LogP contribution in [0.1, 0.15) is 27.8 Å². The number of hydrogen-bond acceptors (Lipinski definition) is 2. The van der Waals surface area contributed by atoms with Crippen molar-refractivity contribution in [3.05, 3.63) is 137 Å². The quantitative estimate of drug-likeness (QED) is 0.429. The van der Waals surface area contributed by atoms with E-state index in [0.717, 1.165) is 34.4 Å². The minimum atomic E-state index is -1.24. The molecular formula is C28H27NO. The van der Waals surface area contributed by atoms with Gasteiger partial charge in [0.1, 0.15) is 5.60 Å². The van der Waals surface area contributed by atoms with Crippen molar-refractivity contribution in [2.75, 3.05) is 19.0 Å². The lowest BCUT2D eigenvalue weighted by Crippen LogP contribution is -2.30. The van der Waals surface area contributed by atoms with Gasteiger partial charge in [-0.2, -0.15) is 0 Å². The molecule has 0 saturated heterocycles. The van der Waals surface area contributed by atoms with E-state index >= 15 is 0 Å². The van der Waals surface area contributed by atoms with Gasteiger partial charge in [-0.25, -0.2) is 0 Å². The largest absolute Gasteiger partial charge is 0.378 e. The third-order valence-electron chi connectivity index (χ3n) is 5.62. The van der Waals surface area contributed by atoms with Crippen molar-refractivity contribution in [2.45, 2.75) is 12.0 Å². The third kappa shape index (κ3) is 3.87. The molecule has 1 N–H and O–H groups in total. The van der Waals surface area contributed by atoms with Crippen molar-refractivity contribution < 1.29 is 5.11 Å². The predicted molar refractivity (Wildman–Crippen MR) is 125 cm³/mol. The molecule has 0 atom stereocenters. The number of hydrogen-bond donors (Lipinski definition) is 1. The van der Waals surface area contributed by atoms with Crippen LogP contribution in [0.15, 0.2) is 109 Å². The molecule has 2 heteroatoms. The van der Waals surface area contributed by atoms with Gasteiger partial charge in [-0.05, 0) is 46.4 Å². The highest BCUT2D eigenvalue weighted by atomic mass is 16.3. The third-order valence-corrected chi connectivity index (χ3v) is 5.62. The van der Waals surface area contributed by atoms with Gasteiger partial charge < -0.3 is 10.0 Å². The van der Waals surface area contributed by atoms with Crippen molar-refractivity contribution >= 4 is 5.69 Å². The molecule has 4 aromatic carbocycles. The molecule has 0 aliphatic carbocycles. The van der Waals surface area contributed by atoms with Gasteiger partial charge in [-0.3, -0.25) is 0 Å². The zero-order valence-corrected chi connectivity index (χ0v) is 17.5. The summed E-state index contributed by atoms with van der Waals surface area (Å²) in [5.41, 5.74) is 4.85. The number of aliphatic hydroxyl groups is 1.